The van der Waals surface area contributed by atoms with Gasteiger partial charge in [0.05, 0.1) is 12.0 Å². The Labute approximate surface area is 117 Å². The lowest BCUT2D eigenvalue weighted by molar-refractivity contribution is -0.175. The van der Waals surface area contributed by atoms with Crippen LogP contribution in [-0.4, -0.2) is 41.1 Å². The molecule has 0 bridgehead atoms. The molecule has 0 saturated carbocycles. The van der Waals surface area contributed by atoms with E-state index in [4.69, 9.17) is 4.74 Å². The Morgan fingerprint density at radius 1 is 1.30 bits per heavy atom. The highest BCUT2D eigenvalue weighted by atomic mass is 16.5. The van der Waals surface area contributed by atoms with E-state index in [1.165, 1.54) is 0 Å². The van der Waals surface area contributed by atoms with E-state index in [0.717, 1.165) is 18.5 Å². The number of nitrogens with zero attached hydrogens (tertiary/aromatic N) is 1. The van der Waals surface area contributed by atoms with Crippen LogP contribution < -0.4 is 0 Å². The Bertz CT molecular complexity index is 516. The lowest BCUT2D eigenvalue weighted by Crippen LogP contribution is -2.58. The molecule has 5 nitrogen and oxygen atoms in total. The van der Waals surface area contributed by atoms with Crippen LogP contribution in [-0.2, 0) is 14.3 Å². The molecule has 0 radical (unpaired) electrons. The van der Waals surface area contributed by atoms with Crippen molar-refractivity contribution < 1.29 is 19.4 Å². The van der Waals surface area contributed by atoms with Gasteiger partial charge >= 0.3 is 11.9 Å². The maximum Gasteiger partial charge on any atom is 0.324 e. The topological polar surface area (TPSA) is 66.8 Å². The number of cyclic esters (lactones) is 1. The van der Waals surface area contributed by atoms with Gasteiger partial charge in [-0.3, -0.25) is 14.5 Å². The van der Waals surface area contributed by atoms with Crippen LogP contribution in [0.15, 0.2) is 30.3 Å². The SMILES string of the molecule is O=C(O)[C@H]1CCCN2[C@@H](c3ccccc3)COC(=O)[C@H]12. The Morgan fingerprint density at radius 3 is 2.75 bits per heavy atom. The molecular formula is C15H17NO4. The van der Waals surface area contributed by atoms with Crippen molar-refractivity contribution in [2.45, 2.75) is 24.9 Å². The summed E-state index contributed by atoms with van der Waals surface area (Å²) in [4.78, 5) is 25.4. The largest absolute Gasteiger partial charge is 0.481 e. The molecule has 0 aromatic heterocycles. The van der Waals surface area contributed by atoms with E-state index in [2.05, 4.69) is 0 Å². The van der Waals surface area contributed by atoms with Crippen molar-refractivity contribution in [3.63, 3.8) is 0 Å². The molecule has 0 aliphatic carbocycles. The number of hydrogen-bond donors (Lipinski definition) is 1. The number of carbonyl (C=O) groups is 2. The lowest BCUT2D eigenvalue weighted by Gasteiger charge is -2.45. The zero-order valence-electron chi connectivity index (χ0n) is 11.1. The zero-order valence-corrected chi connectivity index (χ0v) is 11.1. The van der Waals surface area contributed by atoms with E-state index in [1.54, 1.807) is 0 Å². The number of benzene rings is 1. The van der Waals surface area contributed by atoms with Crippen LogP contribution >= 0.6 is 0 Å². The molecule has 1 N–H and O–H groups in total. The number of morpholine rings is 1. The Morgan fingerprint density at radius 2 is 2.05 bits per heavy atom. The van der Waals surface area contributed by atoms with Crippen molar-refractivity contribution in [2.24, 2.45) is 5.92 Å². The summed E-state index contributed by atoms with van der Waals surface area (Å²) in [5, 5.41) is 9.32. The number of fused-ring (bicyclic) bond motifs is 1. The molecule has 0 unspecified atom stereocenters. The van der Waals surface area contributed by atoms with Gasteiger partial charge in [-0.1, -0.05) is 30.3 Å². The fourth-order valence-electron chi connectivity index (χ4n) is 3.23. The van der Waals surface area contributed by atoms with Gasteiger partial charge in [-0.25, -0.2) is 0 Å². The van der Waals surface area contributed by atoms with E-state index in [0.29, 0.717) is 13.0 Å². The Kier molecular flexibility index (Phi) is 3.44. The third kappa shape index (κ3) is 2.18. The molecule has 2 heterocycles. The monoisotopic (exact) mass is 275 g/mol. The summed E-state index contributed by atoms with van der Waals surface area (Å²) in [5.41, 5.74) is 1.07. The molecule has 3 atom stereocenters. The minimum Gasteiger partial charge on any atom is -0.481 e. The standard InChI is InChI=1S/C15H17NO4/c17-14(18)11-7-4-8-16-12(9-20-15(19)13(11)16)10-5-2-1-3-6-10/h1-3,5-6,11-13H,4,7-9H2,(H,17,18)/t11-,12+,13-/m0/s1. The quantitative estimate of drug-likeness (QED) is 0.827. The highest BCUT2D eigenvalue weighted by molar-refractivity contribution is 5.84. The fraction of sp³-hybridized carbons (Fsp3) is 0.467. The number of piperidine rings is 1. The molecule has 3 rings (SSSR count). The molecule has 5 heteroatoms. The molecule has 2 aliphatic heterocycles. The summed E-state index contributed by atoms with van der Waals surface area (Å²) >= 11 is 0. The zero-order chi connectivity index (χ0) is 14.1. The molecule has 2 aliphatic rings. The van der Waals surface area contributed by atoms with Gasteiger partial charge in [0.1, 0.15) is 12.6 Å². The van der Waals surface area contributed by atoms with E-state index in [9.17, 15) is 14.7 Å². The summed E-state index contributed by atoms with van der Waals surface area (Å²) in [5.74, 6) is -1.97. The van der Waals surface area contributed by atoms with Gasteiger partial charge in [0.15, 0.2) is 0 Å². The van der Waals surface area contributed by atoms with Crippen molar-refractivity contribution in [1.82, 2.24) is 4.90 Å². The smallest absolute Gasteiger partial charge is 0.324 e. The summed E-state index contributed by atoms with van der Waals surface area (Å²) in [6.07, 6.45) is 1.33. The molecule has 2 fully saturated rings. The third-order valence-corrected chi connectivity index (χ3v) is 4.20. The first-order valence-corrected chi connectivity index (χ1v) is 6.88. The van der Waals surface area contributed by atoms with Gasteiger partial charge in [-0.05, 0) is 24.9 Å². The molecule has 0 amide bonds. The number of rotatable bonds is 2. The molecule has 1 aromatic rings. The second kappa shape index (κ2) is 5.25. The second-order valence-corrected chi connectivity index (χ2v) is 5.33. The highest BCUT2D eigenvalue weighted by Crippen LogP contribution is 2.36. The maximum atomic E-state index is 12.0. The van der Waals surface area contributed by atoms with Gasteiger partial charge in [0, 0.05) is 0 Å². The average Bonchev–Trinajstić information content (AvgIpc) is 2.48. The van der Waals surface area contributed by atoms with Crippen LogP contribution in [0.5, 0.6) is 0 Å². The number of hydrogen-bond acceptors (Lipinski definition) is 4. The predicted molar refractivity (Wildman–Crippen MR) is 71.0 cm³/mol. The summed E-state index contributed by atoms with van der Waals surface area (Å²) < 4.78 is 5.25. The summed E-state index contributed by atoms with van der Waals surface area (Å²) in [6, 6.07) is 9.11. The van der Waals surface area contributed by atoms with Crippen LogP contribution in [0.4, 0.5) is 0 Å². The first-order chi connectivity index (χ1) is 9.68. The van der Waals surface area contributed by atoms with Crippen LogP contribution in [0.3, 0.4) is 0 Å². The number of carboxylic acid groups (broad SMARTS) is 1. The second-order valence-electron chi connectivity index (χ2n) is 5.33. The first-order valence-electron chi connectivity index (χ1n) is 6.88. The van der Waals surface area contributed by atoms with Gasteiger partial charge in [-0.15, -0.1) is 0 Å². The first kappa shape index (κ1) is 13.1. The normalized spacial score (nSPS) is 30.4. The Balaban J connectivity index is 1.92. The predicted octanol–water partition coefficient (Wildman–Crippen LogP) is 1.45. The van der Waals surface area contributed by atoms with Gasteiger partial charge in [0.25, 0.3) is 0 Å². The third-order valence-electron chi connectivity index (χ3n) is 4.20. The van der Waals surface area contributed by atoms with Crippen LogP contribution in [0.1, 0.15) is 24.4 Å². The van der Waals surface area contributed by atoms with E-state index in [1.807, 2.05) is 35.2 Å². The summed E-state index contributed by atoms with van der Waals surface area (Å²) in [7, 11) is 0. The summed E-state index contributed by atoms with van der Waals surface area (Å²) in [6.45, 7) is 1.04. The molecule has 0 spiro atoms. The molecule has 2 saturated heterocycles. The highest BCUT2D eigenvalue weighted by Gasteiger charge is 2.47. The number of esters is 1. The fourth-order valence-corrected chi connectivity index (χ4v) is 3.23. The number of carboxylic acids is 1. The van der Waals surface area contributed by atoms with Crippen molar-refractivity contribution in [3.05, 3.63) is 35.9 Å². The van der Waals surface area contributed by atoms with Crippen molar-refractivity contribution >= 4 is 11.9 Å². The molecule has 106 valence electrons. The molecular weight excluding hydrogens is 258 g/mol. The van der Waals surface area contributed by atoms with Gasteiger partial charge in [0.2, 0.25) is 0 Å². The van der Waals surface area contributed by atoms with Crippen LogP contribution in [0.2, 0.25) is 0 Å². The van der Waals surface area contributed by atoms with E-state index < -0.39 is 23.9 Å². The average molecular weight is 275 g/mol. The van der Waals surface area contributed by atoms with E-state index in [-0.39, 0.29) is 6.04 Å². The van der Waals surface area contributed by atoms with Gasteiger partial charge < -0.3 is 9.84 Å². The van der Waals surface area contributed by atoms with Gasteiger partial charge in [-0.2, -0.15) is 0 Å². The Hall–Kier alpha value is -1.88. The van der Waals surface area contributed by atoms with Crippen molar-refractivity contribution in [3.8, 4) is 0 Å². The minimum atomic E-state index is -0.912. The minimum absolute atomic E-state index is 0.0407. The number of carbonyl (C=O) groups excluding carboxylic acids is 1. The number of ether oxygens (including phenoxy) is 1. The number of aliphatic carboxylic acids is 1. The van der Waals surface area contributed by atoms with Crippen molar-refractivity contribution in [1.29, 1.82) is 0 Å². The molecule has 20 heavy (non-hydrogen) atoms. The lowest BCUT2D eigenvalue weighted by atomic mass is 9.86. The van der Waals surface area contributed by atoms with E-state index >= 15 is 0 Å². The van der Waals surface area contributed by atoms with Crippen LogP contribution in [0.25, 0.3) is 0 Å². The van der Waals surface area contributed by atoms with Crippen molar-refractivity contribution in [2.75, 3.05) is 13.2 Å². The molecule has 1 aromatic carbocycles. The van der Waals surface area contributed by atoms with Crippen LogP contribution in [0, 0.1) is 5.92 Å². The maximum absolute atomic E-state index is 12.0.